The summed E-state index contributed by atoms with van der Waals surface area (Å²) < 4.78 is 10.8. The minimum absolute atomic E-state index is 0.466. The Balaban J connectivity index is 1.98. The van der Waals surface area contributed by atoms with Crippen LogP contribution in [0.5, 0.6) is 0 Å². The predicted octanol–water partition coefficient (Wildman–Crippen LogP) is 5.89. The molecular formula is C29H34NSi+. The Labute approximate surface area is 189 Å². The zero-order chi connectivity index (χ0) is 23.2. The van der Waals surface area contributed by atoms with Crippen molar-refractivity contribution in [2.45, 2.75) is 46.7 Å². The summed E-state index contributed by atoms with van der Waals surface area (Å²) in [5, 5.41) is 5.21. The second-order valence-electron chi connectivity index (χ2n) is 9.64. The van der Waals surface area contributed by atoms with E-state index in [9.17, 15) is 0 Å². The first-order chi connectivity index (χ1) is 15.1. The van der Waals surface area contributed by atoms with E-state index in [1.807, 2.05) is 17.7 Å². The van der Waals surface area contributed by atoms with Crippen molar-refractivity contribution in [3.63, 3.8) is 0 Å². The molecule has 4 rings (SSSR count). The monoisotopic (exact) mass is 425 g/mol. The molecule has 31 heavy (non-hydrogen) atoms. The number of hydrogen-bond acceptors (Lipinski definition) is 0. The van der Waals surface area contributed by atoms with Crippen molar-refractivity contribution in [1.29, 1.82) is 0 Å². The van der Waals surface area contributed by atoms with Crippen LogP contribution in [0.25, 0.3) is 22.0 Å². The first-order valence-corrected chi connectivity index (χ1v) is 14.2. The highest BCUT2D eigenvalue weighted by Crippen LogP contribution is 2.32. The van der Waals surface area contributed by atoms with Crippen LogP contribution < -0.4 is 14.9 Å². The lowest BCUT2D eigenvalue weighted by atomic mass is 9.91. The fraction of sp³-hybridized carbons (Fsp3) is 0.276. The summed E-state index contributed by atoms with van der Waals surface area (Å²) in [5.41, 5.74) is 6.33. The Morgan fingerprint density at radius 2 is 1.58 bits per heavy atom. The van der Waals surface area contributed by atoms with Crippen molar-refractivity contribution in [3.8, 4) is 11.3 Å². The molecule has 0 saturated heterocycles. The summed E-state index contributed by atoms with van der Waals surface area (Å²) in [4.78, 5) is 0. The van der Waals surface area contributed by atoms with Gasteiger partial charge in [-0.25, -0.2) is 4.57 Å². The first-order valence-electron chi connectivity index (χ1n) is 11.7. The molecule has 0 aliphatic heterocycles. The highest BCUT2D eigenvalue weighted by molar-refractivity contribution is 7.00. The van der Waals surface area contributed by atoms with Gasteiger partial charge in [-0.2, -0.15) is 0 Å². The van der Waals surface area contributed by atoms with Crippen molar-refractivity contribution in [1.82, 2.24) is 0 Å². The van der Waals surface area contributed by atoms with Crippen LogP contribution in [0.1, 0.15) is 37.8 Å². The number of aromatic nitrogens is 1. The summed E-state index contributed by atoms with van der Waals surface area (Å²) in [5.74, 6) is 0.466. The maximum atomic E-state index is 8.72. The molecule has 0 bridgehead atoms. The number of rotatable bonds is 4. The van der Waals surface area contributed by atoms with E-state index in [2.05, 4.69) is 101 Å². The lowest BCUT2D eigenvalue weighted by Crippen LogP contribution is -2.52. The molecule has 0 saturated carbocycles. The van der Waals surface area contributed by atoms with Crippen molar-refractivity contribution >= 4 is 29.2 Å². The lowest BCUT2D eigenvalue weighted by molar-refractivity contribution is -0.659. The fourth-order valence-corrected chi connectivity index (χ4v) is 6.89. The summed E-state index contributed by atoms with van der Waals surface area (Å²) in [6.07, 6.45) is 0.538. The first kappa shape index (κ1) is 20.2. The third-order valence-electron chi connectivity index (χ3n) is 6.88. The fourth-order valence-electron chi connectivity index (χ4n) is 4.51. The van der Waals surface area contributed by atoms with Gasteiger partial charge in [0.05, 0.1) is 10.9 Å². The smallest absolute Gasteiger partial charge is 0.200 e. The van der Waals surface area contributed by atoms with E-state index < -0.39 is 8.07 Å². The van der Waals surface area contributed by atoms with Crippen LogP contribution in [-0.4, -0.2) is 8.07 Å². The molecule has 0 radical (unpaired) electrons. The van der Waals surface area contributed by atoms with E-state index in [4.69, 9.17) is 1.37 Å². The summed E-state index contributed by atoms with van der Waals surface area (Å²) in [6.45, 7) is 13.7. The molecule has 1 heterocycles. The average molecular weight is 426 g/mol. The van der Waals surface area contributed by atoms with Crippen LogP contribution in [0, 0.1) is 13.8 Å². The van der Waals surface area contributed by atoms with Crippen molar-refractivity contribution in [2.75, 3.05) is 0 Å². The predicted molar refractivity (Wildman–Crippen MR) is 137 cm³/mol. The van der Waals surface area contributed by atoms with Gasteiger partial charge in [0, 0.05) is 6.07 Å². The third-order valence-corrected chi connectivity index (χ3v) is 10.4. The molecule has 1 aromatic heterocycles. The number of benzene rings is 3. The summed E-state index contributed by atoms with van der Waals surface area (Å²) >= 11 is 0. The standard InChI is InChI=1S/C29H34NSi/c1-20(2)24-17-21(3)22(4)28(19-24)29-27-14-13-26(18-23(27)15-16-30(29)5)31(6,7)25-11-9-8-10-12-25/h8-20H,1-7H3/q+1/i16D. The van der Waals surface area contributed by atoms with E-state index in [0.29, 0.717) is 12.1 Å². The minimum Gasteiger partial charge on any atom is -0.200 e. The van der Waals surface area contributed by atoms with Gasteiger partial charge in [0.1, 0.15) is 16.5 Å². The molecule has 4 aromatic rings. The van der Waals surface area contributed by atoms with E-state index >= 15 is 0 Å². The zero-order valence-electron chi connectivity index (χ0n) is 20.9. The highest BCUT2D eigenvalue weighted by atomic mass is 28.3. The van der Waals surface area contributed by atoms with E-state index in [1.54, 1.807) is 0 Å². The molecule has 0 atom stereocenters. The van der Waals surface area contributed by atoms with Gasteiger partial charge < -0.3 is 0 Å². The molecule has 158 valence electrons. The molecule has 0 unspecified atom stereocenters. The van der Waals surface area contributed by atoms with Gasteiger partial charge in [0.25, 0.3) is 0 Å². The third kappa shape index (κ3) is 3.85. The Kier molecular flexibility index (Phi) is 5.27. The minimum atomic E-state index is -1.81. The van der Waals surface area contributed by atoms with Crippen molar-refractivity contribution in [3.05, 3.63) is 89.6 Å². The van der Waals surface area contributed by atoms with Gasteiger partial charge in [0.2, 0.25) is 5.69 Å². The van der Waals surface area contributed by atoms with E-state index in [0.717, 1.165) is 11.1 Å². The highest BCUT2D eigenvalue weighted by Gasteiger charge is 2.27. The van der Waals surface area contributed by atoms with Crippen molar-refractivity contribution < 1.29 is 5.94 Å². The number of hydrogen-bond donors (Lipinski definition) is 0. The molecule has 0 aliphatic rings. The Hall–Kier alpha value is -2.71. The van der Waals surface area contributed by atoms with Crippen LogP contribution in [0.3, 0.4) is 0 Å². The second-order valence-corrected chi connectivity index (χ2v) is 14.0. The quantitative estimate of drug-likeness (QED) is 0.283. The summed E-state index contributed by atoms with van der Waals surface area (Å²) in [7, 11) is 0.206. The molecule has 1 nitrogen and oxygen atoms in total. The van der Waals surface area contributed by atoms with E-state index in [1.165, 1.54) is 38.0 Å². The molecule has 0 aliphatic carbocycles. The van der Waals surface area contributed by atoms with Crippen molar-refractivity contribution in [2.24, 2.45) is 7.05 Å². The molecule has 0 amide bonds. The van der Waals surface area contributed by atoms with Gasteiger partial charge in [0.15, 0.2) is 6.17 Å². The topological polar surface area (TPSA) is 3.88 Å². The molecule has 3 aromatic carbocycles. The summed E-state index contributed by atoms with van der Waals surface area (Å²) in [6, 6.07) is 24.5. The maximum Gasteiger partial charge on any atom is 0.220 e. The SMILES string of the molecule is [2H]c1cc2cc([Si](C)(C)c3ccccc3)ccc2c(-c2cc(C(C)C)cc(C)c2C)[n+]1C. The number of nitrogens with zero attached hydrogens (tertiary/aromatic N) is 1. The Bertz CT molecular complexity index is 1310. The molecule has 2 heteroatoms. The number of pyridine rings is 1. The van der Waals surface area contributed by atoms with Gasteiger partial charge in [-0.15, -0.1) is 0 Å². The molecular weight excluding hydrogens is 390 g/mol. The lowest BCUT2D eigenvalue weighted by Gasteiger charge is -2.24. The number of fused-ring (bicyclic) bond motifs is 1. The van der Waals surface area contributed by atoms with Crippen LogP contribution in [0.2, 0.25) is 13.1 Å². The van der Waals surface area contributed by atoms with Gasteiger partial charge >= 0.3 is 0 Å². The van der Waals surface area contributed by atoms with E-state index in [-0.39, 0.29) is 0 Å². The van der Waals surface area contributed by atoms with Gasteiger partial charge in [-0.05, 0) is 54.0 Å². The molecule has 0 spiro atoms. The number of aryl methyl sites for hydroxylation is 1. The average Bonchev–Trinajstić information content (AvgIpc) is 2.77. The second kappa shape index (κ2) is 8.09. The van der Waals surface area contributed by atoms with Crippen LogP contribution in [0.4, 0.5) is 0 Å². The molecule has 0 N–H and O–H groups in total. The molecule has 0 fully saturated rings. The normalized spacial score (nSPS) is 12.5. The maximum absolute atomic E-state index is 8.72. The van der Waals surface area contributed by atoms with Gasteiger partial charge in [-0.1, -0.05) is 85.8 Å². The zero-order valence-corrected chi connectivity index (χ0v) is 20.9. The van der Waals surface area contributed by atoms with Crippen LogP contribution >= 0.6 is 0 Å². The Morgan fingerprint density at radius 1 is 0.871 bits per heavy atom. The largest absolute Gasteiger partial charge is 0.220 e. The van der Waals surface area contributed by atoms with Crippen LogP contribution in [-0.2, 0) is 7.05 Å². The van der Waals surface area contributed by atoms with Gasteiger partial charge in [-0.3, -0.25) is 0 Å². The Morgan fingerprint density at radius 3 is 2.26 bits per heavy atom. The van der Waals surface area contributed by atoms with Crippen LogP contribution in [0.15, 0.2) is 72.9 Å².